The molecule has 0 spiro atoms. The number of ketones is 1. The molecule has 0 fully saturated rings. The van der Waals surface area contributed by atoms with E-state index in [4.69, 9.17) is 16.7 Å². The summed E-state index contributed by atoms with van der Waals surface area (Å²) in [6.45, 7) is 1.32. The van der Waals surface area contributed by atoms with E-state index < -0.39 is 5.97 Å². The van der Waals surface area contributed by atoms with Gasteiger partial charge in [0.05, 0.1) is 9.90 Å². The lowest BCUT2D eigenvalue weighted by atomic mass is 10.3. The fourth-order valence-electron chi connectivity index (χ4n) is 1.23. The number of halogens is 1. The van der Waals surface area contributed by atoms with Crippen LogP contribution in [-0.4, -0.2) is 21.8 Å². The van der Waals surface area contributed by atoms with Crippen molar-refractivity contribution in [3.05, 3.63) is 27.0 Å². The van der Waals surface area contributed by atoms with E-state index in [9.17, 15) is 9.59 Å². The van der Waals surface area contributed by atoms with Crippen LogP contribution in [0.2, 0.25) is 5.02 Å². The van der Waals surface area contributed by atoms with Crippen molar-refractivity contribution in [1.29, 1.82) is 0 Å². The number of carboxylic acids is 1. The average Bonchev–Trinajstić information content (AvgIpc) is 2.82. The van der Waals surface area contributed by atoms with Crippen LogP contribution in [0, 0.1) is 0 Å². The molecule has 88 valence electrons. The molecule has 0 aromatic carbocycles. The number of rotatable bonds is 3. The van der Waals surface area contributed by atoms with Gasteiger partial charge in [-0.3, -0.25) is 4.79 Å². The van der Waals surface area contributed by atoms with Crippen LogP contribution in [0.15, 0.2) is 11.4 Å². The summed E-state index contributed by atoms with van der Waals surface area (Å²) in [6, 6.07) is 1.70. The average molecular weight is 288 g/mol. The van der Waals surface area contributed by atoms with Gasteiger partial charge in [0.2, 0.25) is 0 Å². The standard InChI is InChI=1S/C10H6ClNO3S2/c1-4(13)8-7(10(14)15)12-9(17-8)6-2-5(11)3-16-6/h2-3H,1H3,(H,14,15). The number of nitrogens with zero attached hydrogens (tertiary/aromatic N) is 1. The maximum absolute atomic E-state index is 11.3. The molecule has 2 heterocycles. The van der Waals surface area contributed by atoms with Crippen LogP contribution >= 0.6 is 34.3 Å². The number of hydrogen-bond acceptors (Lipinski definition) is 5. The van der Waals surface area contributed by atoms with Gasteiger partial charge in [-0.05, 0) is 6.07 Å². The van der Waals surface area contributed by atoms with Crippen LogP contribution in [0.5, 0.6) is 0 Å². The molecule has 2 aromatic heterocycles. The minimum absolute atomic E-state index is 0.164. The number of aromatic nitrogens is 1. The molecule has 0 aliphatic rings. The van der Waals surface area contributed by atoms with Gasteiger partial charge in [0.15, 0.2) is 11.5 Å². The Hall–Kier alpha value is -1.24. The van der Waals surface area contributed by atoms with Crippen molar-refractivity contribution in [3.8, 4) is 9.88 Å². The summed E-state index contributed by atoms with van der Waals surface area (Å²) in [4.78, 5) is 27.1. The number of thiazole rings is 1. The summed E-state index contributed by atoms with van der Waals surface area (Å²) in [5.74, 6) is -1.49. The highest BCUT2D eigenvalue weighted by atomic mass is 35.5. The SMILES string of the molecule is CC(=O)c1sc(-c2cc(Cl)cs2)nc1C(=O)O. The van der Waals surface area contributed by atoms with Gasteiger partial charge in [0.25, 0.3) is 0 Å². The molecule has 1 N–H and O–H groups in total. The number of Topliss-reactive ketones (excluding diaryl/α,β-unsaturated/α-hetero) is 1. The first-order valence-electron chi connectivity index (χ1n) is 4.48. The lowest BCUT2D eigenvalue weighted by Crippen LogP contribution is -2.03. The summed E-state index contributed by atoms with van der Waals surface area (Å²) in [5.41, 5.74) is -0.193. The molecule has 0 aliphatic carbocycles. The molecule has 0 atom stereocenters. The van der Waals surface area contributed by atoms with E-state index in [0.29, 0.717) is 10.0 Å². The Balaban J connectivity index is 2.54. The van der Waals surface area contributed by atoms with Crippen LogP contribution in [0.4, 0.5) is 0 Å². The minimum atomic E-state index is -1.19. The summed E-state index contributed by atoms with van der Waals surface area (Å²) >= 11 is 8.22. The maximum Gasteiger partial charge on any atom is 0.356 e. The fraction of sp³-hybridized carbons (Fsp3) is 0.100. The van der Waals surface area contributed by atoms with Gasteiger partial charge < -0.3 is 5.11 Å². The Morgan fingerprint density at radius 3 is 2.59 bits per heavy atom. The quantitative estimate of drug-likeness (QED) is 0.878. The lowest BCUT2D eigenvalue weighted by molar-refractivity contribution is 0.0687. The lowest BCUT2D eigenvalue weighted by Gasteiger charge is -1.89. The molecule has 0 saturated heterocycles. The monoisotopic (exact) mass is 287 g/mol. The number of carboxylic acid groups (broad SMARTS) is 1. The summed E-state index contributed by atoms with van der Waals surface area (Å²) < 4.78 is 0. The largest absolute Gasteiger partial charge is 0.476 e. The number of thiophene rings is 1. The Morgan fingerprint density at radius 1 is 1.47 bits per heavy atom. The molecule has 0 bridgehead atoms. The molecule has 4 nitrogen and oxygen atoms in total. The van der Waals surface area contributed by atoms with E-state index in [1.165, 1.54) is 18.3 Å². The summed E-state index contributed by atoms with van der Waals surface area (Å²) in [5, 5.41) is 11.8. The Labute approximate surface area is 110 Å². The molecule has 2 rings (SSSR count). The highest BCUT2D eigenvalue weighted by molar-refractivity contribution is 7.22. The van der Waals surface area contributed by atoms with Crippen LogP contribution in [0.1, 0.15) is 27.1 Å². The van der Waals surface area contributed by atoms with Crippen LogP contribution in [0.25, 0.3) is 9.88 Å². The second kappa shape index (κ2) is 4.56. The predicted octanol–water partition coefficient (Wildman–Crippen LogP) is 3.43. The Kier molecular flexibility index (Phi) is 3.28. The highest BCUT2D eigenvalue weighted by Crippen LogP contribution is 2.34. The van der Waals surface area contributed by atoms with Crippen molar-refractivity contribution in [1.82, 2.24) is 4.98 Å². The van der Waals surface area contributed by atoms with E-state index in [0.717, 1.165) is 16.2 Å². The Bertz CT molecular complexity index is 571. The molecular weight excluding hydrogens is 282 g/mol. The number of hydrogen-bond donors (Lipinski definition) is 1. The van der Waals surface area contributed by atoms with Crippen molar-refractivity contribution in [2.24, 2.45) is 0 Å². The van der Waals surface area contributed by atoms with Crippen molar-refractivity contribution < 1.29 is 14.7 Å². The van der Waals surface area contributed by atoms with E-state index in [1.807, 2.05) is 0 Å². The topological polar surface area (TPSA) is 67.3 Å². The van der Waals surface area contributed by atoms with Gasteiger partial charge in [-0.1, -0.05) is 11.6 Å². The third-order valence-corrected chi connectivity index (χ3v) is 4.53. The van der Waals surface area contributed by atoms with Gasteiger partial charge in [-0.2, -0.15) is 0 Å². The van der Waals surface area contributed by atoms with E-state index in [1.54, 1.807) is 11.4 Å². The molecular formula is C10H6ClNO3S2. The van der Waals surface area contributed by atoms with E-state index >= 15 is 0 Å². The number of carbonyl (C=O) groups is 2. The normalized spacial score (nSPS) is 10.5. The minimum Gasteiger partial charge on any atom is -0.476 e. The fourth-order valence-corrected chi connectivity index (χ4v) is 3.32. The zero-order valence-electron chi connectivity index (χ0n) is 8.56. The van der Waals surface area contributed by atoms with Crippen LogP contribution in [-0.2, 0) is 0 Å². The number of carbonyl (C=O) groups excluding carboxylic acids is 1. The molecule has 2 aromatic rings. The van der Waals surface area contributed by atoms with E-state index in [-0.39, 0.29) is 16.4 Å². The molecule has 17 heavy (non-hydrogen) atoms. The first-order chi connectivity index (χ1) is 7.99. The zero-order valence-corrected chi connectivity index (χ0v) is 10.9. The predicted molar refractivity (Wildman–Crippen MR) is 67.4 cm³/mol. The third-order valence-electron chi connectivity index (χ3n) is 1.93. The third kappa shape index (κ3) is 2.38. The second-order valence-electron chi connectivity index (χ2n) is 3.19. The highest BCUT2D eigenvalue weighted by Gasteiger charge is 2.21. The smallest absolute Gasteiger partial charge is 0.356 e. The Morgan fingerprint density at radius 2 is 2.18 bits per heavy atom. The first kappa shape index (κ1) is 12.2. The van der Waals surface area contributed by atoms with Crippen molar-refractivity contribution >= 4 is 46.0 Å². The summed E-state index contributed by atoms with van der Waals surface area (Å²) in [6.07, 6.45) is 0. The number of aromatic carboxylic acids is 1. The molecule has 0 amide bonds. The van der Waals surface area contributed by atoms with E-state index in [2.05, 4.69) is 4.98 Å². The van der Waals surface area contributed by atoms with Crippen molar-refractivity contribution in [3.63, 3.8) is 0 Å². The zero-order chi connectivity index (χ0) is 12.6. The summed E-state index contributed by atoms with van der Waals surface area (Å²) in [7, 11) is 0. The molecule has 0 radical (unpaired) electrons. The molecule has 0 saturated carbocycles. The first-order valence-corrected chi connectivity index (χ1v) is 6.56. The molecule has 0 unspecified atom stereocenters. The van der Waals surface area contributed by atoms with Gasteiger partial charge >= 0.3 is 5.97 Å². The maximum atomic E-state index is 11.3. The molecule has 0 aliphatic heterocycles. The van der Waals surface area contributed by atoms with Gasteiger partial charge in [0, 0.05) is 12.3 Å². The van der Waals surface area contributed by atoms with Crippen LogP contribution in [0.3, 0.4) is 0 Å². The van der Waals surface area contributed by atoms with Gasteiger partial charge in [0.1, 0.15) is 9.88 Å². The second-order valence-corrected chi connectivity index (χ2v) is 5.53. The van der Waals surface area contributed by atoms with Gasteiger partial charge in [-0.15, -0.1) is 22.7 Å². The van der Waals surface area contributed by atoms with Crippen LogP contribution < -0.4 is 0 Å². The molecule has 7 heteroatoms. The van der Waals surface area contributed by atoms with Crippen molar-refractivity contribution in [2.45, 2.75) is 6.92 Å². The van der Waals surface area contributed by atoms with Gasteiger partial charge in [-0.25, -0.2) is 9.78 Å². The van der Waals surface area contributed by atoms with Crippen molar-refractivity contribution in [2.75, 3.05) is 0 Å².